The minimum Gasteiger partial charge on any atom is -0.418 e. The van der Waals surface area contributed by atoms with E-state index in [1.54, 1.807) is 0 Å². The number of hydrogen-bond donors (Lipinski definition) is 0. The van der Waals surface area contributed by atoms with Gasteiger partial charge in [0.2, 0.25) is 0 Å². The highest BCUT2D eigenvalue weighted by Crippen LogP contribution is 2.25. The number of rotatable bonds is 2. The molecule has 0 radical (unpaired) electrons. The molecule has 3 saturated heterocycles. The molecule has 2 bridgehead atoms. The van der Waals surface area contributed by atoms with Crippen molar-refractivity contribution in [3.63, 3.8) is 0 Å². The molecule has 0 spiro atoms. The SMILES string of the molecule is CC[N+]12CC[N+](CC)(CC1)CC2.F[B-](F)(F)F.F[B-](F)(F)F. The highest BCUT2D eigenvalue weighted by molar-refractivity contribution is 6.50. The number of likely N-dealkylation sites (N-methyl/N-ethyl adjacent to an activating group) is 2. The number of nitrogens with zero attached hydrogens (tertiary/aromatic N) is 2. The maximum Gasteiger partial charge on any atom is 0.673 e. The third kappa shape index (κ3) is 9.50. The largest absolute Gasteiger partial charge is 0.673 e. The molecule has 0 unspecified atom stereocenters. The minimum atomic E-state index is -6.00. The van der Waals surface area contributed by atoms with Crippen LogP contribution < -0.4 is 0 Å². The molecule has 0 N–H and O–H groups in total. The van der Waals surface area contributed by atoms with Crippen LogP contribution in [-0.2, 0) is 0 Å². The summed E-state index contributed by atoms with van der Waals surface area (Å²) in [5, 5.41) is 0. The number of hydrogen-bond acceptors (Lipinski definition) is 0. The molecule has 134 valence electrons. The summed E-state index contributed by atoms with van der Waals surface area (Å²) < 4.78 is 80.9. The van der Waals surface area contributed by atoms with E-state index in [4.69, 9.17) is 0 Å². The van der Waals surface area contributed by atoms with Crippen LogP contribution in [0.15, 0.2) is 0 Å². The Bertz CT molecular complexity index is 265. The molecule has 2 nitrogen and oxygen atoms in total. The van der Waals surface area contributed by atoms with E-state index >= 15 is 0 Å². The number of piperazine rings is 3. The molecule has 0 atom stereocenters. The monoisotopic (exact) mass is 344 g/mol. The summed E-state index contributed by atoms with van der Waals surface area (Å²) in [6, 6.07) is 0. The molecule has 0 aromatic carbocycles. The van der Waals surface area contributed by atoms with E-state index in [0.29, 0.717) is 0 Å². The van der Waals surface area contributed by atoms with Crippen LogP contribution in [0.2, 0.25) is 0 Å². The van der Waals surface area contributed by atoms with Crippen LogP contribution in [0.25, 0.3) is 0 Å². The van der Waals surface area contributed by atoms with Gasteiger partial charge in [0.05, 0.1) is 13.1 Å². The number of quaternary nitrogens is 2. The quantitative estimate of drug-likeness (QED) is 0.410. The fourth-order valence-electron chi connectivity index (χ4n) is 2.89. The summed E-state index contributed by atoms with van der Waals surface area (Å²) >= 11 is 0. The second-order valence-corrected chi connectivity index (χ2v) is 5.65. The van der Waals surface area contributed by atoms with Gasteiger partial charge in [-0.1, -0.05) is 0 Å². The molecule has 3 aliphatic rings. The predicted molar refractivity (Wildman–Crippen MR) is 71.2 cm³/mol. The Morgan fingerprint density at radius 2 is 0.682 bits per heavy atom. The maximum absolute atomic E-state index is 9.75. The first-order chi connectivity index (χ1) is 9.74. The molecule has 0 amide bonds. The van der Waals surface area contributed by atoms with Gasteiger partial charge < -0.3 is 43.5 Å². The molecular formula is C10H22B2F8N2. The predicted octanol–water partition coefficient (Wildman–Crippen LogP) is 3.29. The molecular weight excluding hydrogens is 322 g/mol. The summed E-state index contributed by atoms with van der Waals surface area (Å²) in [4.78, 5) is 0. The number of fused-ring (bicyclic) bond motifs is 3. The van der Waals surface area contributed by atoms with Crippen LogP contribution in [0, 0.1) is 0 Å². The maximum atomic E-state index is 9.75. The Labute approximate surface area is 125 Å². The summed E-state index contributed by atoms with van der Waals surface area (Å²) in [7, 11) is -12.0. The van der Waals surface area contributed by atoms with Gasteiger partial charge in [-0.15, -0.1) is 0 Å². The molecule has 0 aliphatic carbocycles. The first kappa shape index (κ1) is 21.5. The molecule has 3 fully saturated rings. The minimum absolute atomic E-state index is 1.36. The van der Waals surface area contributed by atoms with Crippen molar-refractivity contribution >= 4 is 14.5 Å². The molecule has 3 heterocycles. The van der Waals surface area contributed by atoms with Gasteiger partial charge in [0.15, 0.2) is 0 Å². The zero-order chi connectivity index (χ0) is 17.7. The topological polar surface area (TPSA) is 0 Å². The van der Waals surface area contributed by atoms with Gasteiger partial charge in [-0.3, -0.25) is 0 Å². The summed E-state index contributed by atoms with van der Waals surface area (Å²) in [5.41, 5.74) is 0. The standard InChI is InChI=1S/C10H22N2.2BF4/c1-3-11-5-8-12(4-2,9-6-11)10-7-11;2*2-1(3,4)5/h3-10H2,1-2H3;;/q+2;2*-1. The van der Waals surface area contributed by atoms with E-state index in [1.807, 2.05) is 0 Å². The first-order valence-corrected chi connectivity index (χ1v) is 7.19. The highest BCUT2D eigenvalue weighted by Gasteiger charge is 2.46. The Balaban J connectivity index is 0.000000372. The Hall–Kier alpha value is -0.510. The fourth-order valence-corrected chi connectivity index (χ4v) is 2.89. The first-order valence-electron chi connectivity index (χ1n) is 7.19. The van der Waals surface area contributed by atoms with Crippen molar-refractivity contribution in [1.29, 1.82) is 0 Å². The molecule has 12 heteroatoms. The lowest BCUT2D eigenvalue weighted by atomic mass is 10.1. The smallest absolute Gasteiger partial charge is 0.418 e. The van der Waals surface area contributed by atoms with Crippen LogP contribution in [0.4, 0.5) is 34.5 Å². The van der Waals surface area contributed by atoms with Crippen molar-refractivity contribution in [2.24, 2.45) is 0 Å². The molecule has 3 aliphatic heterocycles. The van der Waals surface area contributed by atoms with Crippen molar-refractivity contribution in [3.8, 4) is 0 Å². The third-order valence-electron chi connectivity index (χ3n) is 4.49. The van der Waals surface area contributed by atoms with Crippen LogP contribution in [0.3, 0.4) is 0 Å². The van der Waals surface area contributed by atoms with Crippen LogP contribution in [-0.4, -0.2) is 75.8 Å². The van der Waals surface area contributed by atoms with Gasteiger partial charge in [0.25, 0.3) is 0 Å². The molecule has 0 saturated carbocycles. The van der Waals surface area contributed by atoms with E-state index < -0.39 is 14.5 Å². The molecule has 0 aromatic rings. The van der Waals surface area contributed by atoms with Gasteiger partial charge in [-0.25, -0.2) is 0 Å². The lowest BCUT2D eigenvalue weighted by molar-refractivity contribution is -1.08. The fraction of sp³-hybridized carbons (Fsp3) is 1.00. The van der Waals surface area contributed by atoms with Crippen molar-refractivity contribution in [3.05, 3.63) is 0 Å². The summed E-state index contributed by atoms with van der Waals surface area (Å²) in [6.07, 6.45) is 0. The van der Waals surface area contributed by atoms with Gasteiger partial charge >= 0.3 is 14.5 Å². The van der Waals surface area contributed by atoms with Crippen molar-refractivity contribution in [1.82, 2.24) is 0 Å². The Morgan fingerprint density at radius 3 is 0.773 bits per heavy atom. The second kappa shape index (κ2) is 7.85. The lowest BCUT2D eigenvalue weighted by Gasteiger charge is -2.55. The van der Waals surface area contributed by atoms with Gasteiger partial charge in [-0.2, -0.15) is 0 Å². The normalized spacial score (nSPS) is 30.8. The van der Waals surface area contributed by atoms with Crippen LogP contribution in [0.1, 0.15) is 13.8 Å². The van der Waals surface area contributed by atoms with Gasteiger partial charge in [-0.05, 0) is 13.8 Å². The van der Waals surface area contributed by atoms with Crippen LogP contribution >= 0.6 is 0 Å². The van der Waals surface area contributed by atoms with Gasteiger partial charge in [0, 0.05) is 0 Å². The Kier molecular flexibility index (Phi) is 7.67. The van der Waals surface area contributed by atoms with Gasteiger partial charge in [0.1, 0.15) is 39.3 Å². The third-order valence-corrected chi connectivity index (χ3v) is 4.49. The van der Waals surface area contributed by atoms with Crippen LogP contribution in [0.5, 0.6) is 0 Å². The second-order valence-electron chi connectivity index (χ2n) is 5.65. The molecule has 22 heavy (non-hydrogen) atoms. The zero-order valence-corrected chi connectivity index (χ0v) is 12.7. The van der Waals surface area contributed by atoms with E-state index in [2.05, 4.69) is 13.8 Å². The molecule has 0 aromatic heterocycles. The average molecular weight is 344 g/mol. The van der Waals surface area contributed by atoms with Crippen molar-refractivity contribution in [2.45, 2.75) is 13.8 Å². The number of halogens is 8. The van der Waals surface area contributed by atoms with Crippen molar-refractivity contribution < 1.29 is 43.5 Å². The van der Waals surface area contributed by atoms with E-state index in [9.17, 15) is 34.5 Å². The zero-order valence-electron chi connectivity index (χ0n) is 12.7. The van der Waals surface area contributed by atoms with Crippen molar-refractivity contribution in [2.75, 3.05) is 52.4 Å². The lowest BCUT2D eigenvalue weighted by Crippen LogP contribution is -2.74. The van der Waals surface area contributed by atoms with E-state index in [1.165, 1.54) is 61.3 Å². The average Bonchev–Trinajstić information content (AvgIpc) is 2.37. The molecule has 3 rings (SSSR count). The highest BCUT2D eigenvalue weighted by atomic mass is 19.5. The Morgan fingerprint density at radius 1 is 0.545 bits per heavy atom. The van der Waals surface area contributed by atoms with E-state index in [-0.39, 0.29) is 0 Å². The summed E-state index contributed by atoms with van der Waals surface area (Å²) in [5.74, 6) is 0. The summed E-state index contributed by atoms with van der Waals surface area (Å²) in [6.45, 7) is 16.1. The van der Waals surface area contributed by atoms with E-state index in [0.717, 1.165) is 0 Å².